The first-order chi connectivity index (χ1) is 3.42. The minimum atomic E-state index is -4.58. The lowest BCUT2D eigenvalue weighted by molar-refractivity contribution is -0.328. The molecule has 5 heteroatoms. The molecular formula is C3H4F3OS. The van der Waals surface area contributed by atoms with Gasteiger partial charge < -0.3 is 0 Å². The van der Waals surface area contributed by atoms with E-state index in [0.29, 0.717) is 0 Å². The van der Waals surface area contributed by atoms with Gasteiger partial charge in [0.05, 0.1) is 0 Å². The molecule has 8 heavy (non-hydrogen) atoms. The Morgan fingerprint density at radius 3 is 1.88 bits per heavy atom. The molecule has 0 fully saturated rings. The maximum Gasteiger partial charge on any atom is 0.523 e. The van der Waals surface area contributed by atoms with Crippen molar-refractivity contribution >= 4 is 12.6 Å². The van der Waals surface area contributed by atoms with E-state index < -0.39 is 11.8 Å². The number of rotatable bonds is 1. The predicted octanol–water partition coefficient (Wildman–Crippen LogP) is 2.07. The van der Waals surface area contributed by atoms with Gasteiger partial charge in [-0.05, 0) is 6.92 Å². The molecule has 1 unspecified atom stereocenters. The maximum atomic E-state index is 11.0. The van der Waals surface area contributed by atoms with Crippen LogP contribution >= 0.6 is 12.6 Å². The first-order valence-electron chi connectivity index (χ1n) is 1.82. The first-order valence-corrected chi connectivity index (χ1v) is 2.29. The second-order valence-electron chi connectivity index (χ2n) is 1.13. The van der Waals surface area contributed by atoms with Gasteiger partial charge >= 0.3 is 6.36 Å². The largest absolute Gasteiger partial charge is 0.523 e. The van der Waals surface area contributed by atoms with Crippen LogP contribution < -0.4 is 0 Å². The number of halogens is 3. The minimum Gasteiger partial charge on any atom is -0.277 e. The van der Waals surface area contributed by atoms with Gasteiger partial charge in [0.25, 0.3) is 0 Å². The topological polar surface area (TPSA) is 9.23 Å². The normalized spacial score (nSPS) is 16.1. The average molecular weight is 145 g/mol. The summed E-state index contributed by atoms with van der Waals surface area (Å²) < 4.78 is 36.3. The van der Waals surface area contributed by atoms with Crippen molar-refractivity contribution in [2.75, 3.05) is 0 Å². The second kappa shape index (κ2) is 2.59. The Morgan fingerprint density at radius 1 is 1.50 bits per heavy atom. The number of hydrogen-bond acceptors (Lipinski definition) is 1. The number of ether oxygens (including phenoxy) is 1. The minimum absolute atomic E-state index is 1.14. The monoisotopic (exact) mass is 145 g/mol. The molecule has 0 saturated heterocycles. The summed E-state index contributed by atoms with van der Waals surface area (Å²) in [5, 5.41) is 0. The van der Waals surface area contributed by atoms with Crippen molar-refractivity contribution in [3.63, 3.8) is 0 Å². The second-order valence-corrected chi connectivity index (χ2v) is 1.80. The lowest BCUT2D eigenvalue weighted by Gasteiger charge is -2.07. The van der Waals surface area contributed by atoms with Crippen LogP contribution in [-0.2, 0) is 4.74 Å². The predicted molar refractivity (Wildman–Crippen MR) is 24.2 cm³/mol. The third-order valence-electron chi connectivity index (χ3n) is 0.300. The van der Waals surface area contributed by atoms with Crippen LogP contribution in [0.3, 0.4) is 0 Å². The van der Waals surface area contributed by atoms with Crippen LogP contribution in [0, 0.1) is 0 Å². The van der Waals surface area contributed by atoms with E-state index in [1.807, 2.05) is 0 Å². The van der Waals surface area contributed by atoms with Crippen molar-refractivity contribution in [2.24, 2.45) is 0 Å². The van der Waals surface area contributed by atoms with Gasteiger partial charge in [0.2, 0.25) is 0 Å². The Labute approximate surface area is 50.2 Å². The Kier molecular flexibility index (Phi) is 2.62. The first kappa shape index (κ1) is 8.10. The van der Waals surface area contributed by atoms with Gasteiger partial charge in [-0.25, -0.2) is 0 Å². The van der Waals surface area contributed by atoms with Crippen LogP contribution in [0.5, 0.6) is 0 Å². The molecule has 0 bridgehead atoms. The van der Waals surface area contributed by atoms with Crippen LogP contribution in [0.4, 0.5) is 13.2 Å². The van der Waals surface area contributed by atoms with Crippen molar-refractivity contribution in [1.29, 1.82) is 0 Å². The van der Waals surface area contributed by atoms with E-state index in [9.17, 15) is 13.2 Å². The fourth-order valence-corrected chi connectivity index (χ4v) is 0.297. The molecule has 0 aliphatic carbocycles. The highest BCUT2D eigenvalue weighted by Crippen LogP contribution is 2.19. The smallest absolute Gasteiger partial charge is 0.277 e. The standard InChI is InChI=1S/C3H4F3OS/c1-2(8)7-3(4,5)6/h2H,1H3. The average Bonchev–Trinajstić information content (AvgIpc) is 1.21. The lowest BCUT2D eigenvalue weighted by Crippen LogP contribution is -2.17. The molecular weight excluding hydrogens is 141 g/mol. The molecule has 0 aromatic carbocycles. The van der Waals surface area contributed by atoms with E-state index in [1.54, 1.807) is 0 Å². The van der Waals surface area contributed by atoms with E-state index in [2.05, 4.69) is 17.4 Å². The molecule has 0 rings (SSSR count). The molecule has 0 N–H and O–H groups in total. The molecule has 0 saturated carbocycles. The van der Waals surface area contributed by atoms with Crippen LogP contribution in [0.1, 0.15) is 6.92 Å². The van der Waals surface area contributed by atoms with Crippen LogP contribution in [0.15, 0.2) is 0 Å². The highest BCUT2D eigenvalue weighted by Gasteiger charge is 2.30. The molecule has 1 radical (unpaired) electrons. The molecule has 1 nitrogen and oxygen atoms in total. The zero-order valence-corrected chi connectivity index (χ0v) is 4.84. The third kappa shape index (κ3) is 6.10. The summed E-state index contributed by atoms with van der Waals surface area (Å²) in [5.74, 6) is 0. The third-order valence-corrected chi connectivity index (χ3v) is 0.396. The molecule has 0 aromatic heterocycles. The highest BCUT2D eigenvalue weighted by atomic mass is 32.1. The highest BCUT2D eigenvalue weighted by molar-refractivity contribution is 7.80. The van der Waals surface area contributed by atoms with E-state index in [1.165, 1.54) is 0 Å². The molecule has 0 aliphatic heterocycles. The van der Waals surface area contributed by atoms with Crippen molar-refractivity contribution in [1.82, 2.24) is 0 Å². The summed E-state index contributed by atoms with van der Waals surface area (Å²) in [6.07, 6.45) is -4.58. The van der Waals surface area contributed by atoms with Gasteiger partial charge in [0.15, 0.2) is 0 Å². The van der Waals surface area contributed by atoms with Gasteiger partial charge in [-0.1, -0.05) is 12.6 Å². The molecule has 49 valence electrons. The van der Waals surface area contributed by atoms with Crippen LogP contribution in [-0.4, -0.2) is 11.8 Å². The fraction of sp³-hybridized carbons (Fsp3) is 1.00. The number of alkyl halides is 3. The zero-order valence-electron chi connectivity index (χ0n) is 4.03. The van der Waals surface area contributed by atoms with Crippen molar-refractivity contribution < 1.29 is 17.9 Å². The summed E-state index contributed by atoms with van der Waals surface area (Å²) in [4.78, 5) is 0. The lowest BCUT2D eigenvalue weighted by atomic mass is 10.8. The molecule has 0 amide bonds. The molecule has 0 aromatic rings. The summed E-state index contributed by atoms with van der Waals surface area (Å²) in [6, 6.07) is 0. The van der Waals surface area contributed by atoms with Gasteiger partial charge in [-0.2, -0.15) is 0 Å². The molecule has 0 heterocycles. The Bertz CT molecular complexity index is 69.4. The molecule has 1 atom stereocenters. The molecule has 0 spiro atoms. The zero-order chi connectivity index (χ0) is 6.78. The van der Waals surface area contributed by atoms with Gasteiger partial charge in [-0.15, -0.1) is 13.2 Å². The van der Waals surface area contributed by atoms with E-state index in [-0.39, 0.29) is 0 Å². The van der Waals surface area contributed by atoms with Crippen molar-refractivity contribution in [3.8, 4) is 0 Å². The SMILES string of the molecule is CC([S])OC(F)(F)F. The summed E-state index contributed by atoms with van der Waals surface area (Å²) in [5.41, 5.74) is -1.20. The summed E-state index contributed by atoms with van der Waals surface area (Å²) >= 11 is 4.08. The number of hydrogen-bond donors (Lipinski definition) is 0. The van der Waals surface area contributed by atoms with Crippen LogP contribution in [0.25, 0.3) is 0 Å². The molecule has 0 aliphatic rings. The van der Waals surface area contributed by atoms with Crippen LogP contribution in [0.2, 0.25) is 0 Å². The summed E-state index contributed by atoms with van der Waals surface area (Å²) in [7, 11) is 0. The quantitative estimate of drug-likeness (QED) is 0.548. The Hall–Kier alpha value is 0.100. The van der Waals surface area contributed by atoms with Gasteiger partial charge in [0, 0.05) is 0 Å². The van der Waals surface area contributed by atoms with Gasteiger partial charge in [0.1, 0.15) is 5.44 Å². The Morgan fingerprint density at radius 2 is 1.88 bits per heavy atom. The van der Waals surface area contributed by atoms with Crippen molar-refractivity contribution in [2.45, 2.75) is 18.7 Å². The van der Waals surface area contributed by atoms with E-state index >= 15 is 0 Å². The fourth-order valence-electron chi connectivity index (χ4n) is 0.188. The van der Waals surface area contributed by atoms with E-state index in [4.69, 9.17) is 0 Å². The maximum absolute atomic E-state index is 11.0. The van der Waals surface area contributed by atoms with E-state index in [0.717, 1.165) is 6.92 Å². The Balaban J connectivity index is 3.39. The summed E-state index contributed by atoms with van der Waals surface area (Å²) in [6.45, 7) is 1.14. The van der Waals surface area contributed by atoms with Gasteiger partial charge in [-0.3, -0.25) is 4.74 Å². The van der Waals surface area contributed by atoms with Crippen molar-refractivity contribution in [3.05, 3.63) is 0 Å².